The van der Waals surface area contributed by atoms with E-state index in [-0.39, 0.29) is 37.9 Å². The lowest BCUT2D eigenvalue weighted by Crippen LogP contribution is -2.59. The van der Waals surface area contributed by atoms with Gasteiger partial charge in [0.05, 0.1) is 13.0 Å². The van der Waals surface area contributed by atoms with Gasteiger partial charge in [-0.25, -0.2) is 4.79 Å². The first-order valence-corrected chi connectivity index (χ1v) is 29.0. The van der Waals surface area contributed by atoms with Crippen molar-refractivity contribution in [1.82, 2.24) is 42.2 Å². The van der Waals surface area contributed by atoms with E-state index in [1.165, 1.54) is 36.0 Å². The lowest BCUT2D eigenvalue weighted by molar-refractivity contribution is -0.141. The molecule has 6 atom stereocenters. The summed E-state index contributed by atoms with van der Waals surface area (Å²) in [6, 6.07) is 16.0. The van der Waals surface area contributed by atoms with Gasteiger partial charge in [-0.1, -0.05) is 78.4 Å². The number of benzene rings is 4. The molecule has 4 aromatic carbocycles. The quantitative estimate of drug-likeness (QED) is 0.0307. The normalized spacial score (nSPS) is 13.6. The van der Waals surface area contributed by atoms with Crippen LogP contribution in [-0.2, 0) is 79.2 Å². The number of nitrogens with two attached hydrogens (primary N) is 1. The number of carboxylic acid groups (broad SMARTS) is 1. The third kappa shape index (κ3) is 21.4. The van der Waals surface area contributed by atoms with Gasteiger partial charge in [-0.15, -0.1) is 0 Å². The molecule has 0 fully saturated rings. The Labute approximate surface area is 484 Å². The highest BCUT2D eigenvalue weighted by molar-refractivity contribution is 7.98. The minimum atomic E-state index is -4.84. The van der Waals surface area contributed by atoms with Crippen LogP contribution in [0, 0.1) is 20.8 Å². The highest BCUT2D eigenvalue weighted by Gasteiger charge is 2.35. The fourth-order valence-corrected chi connectivity index (χ4v) is 9.78. The molecule has 0 saturated carbocycles. The van der Waals surface area contributed by atoms with Crippen LogP contribution >= 0.6 is 11.8 Å². The molecule has 0 saturated heterocycles. The second-order valence-corrected chi connectivity index (χ2v) is 22.8. The van der Waals surface area contributed by atoms with Crippen molar-refractivity contribution < 1.29 is 70.1 Å². The van der Waals surface area contributed by atoms with Crippen LogP contribution in [-0.4, -0.2) is 137 Å². The molecule has 0 aliphatic rings. The molecule has 24 nitrogen and oxygen atoms in total. The minimum absolute atomic E-state index is 0.0418. The van der Waals surface area contributed by atoms with Crippen molar-refractivity contribution in [3.8, 4) is 5.75 Å². The number of aliphatic carboxylic acids is 1. The van der Waals surface area contributed by atoms with Crippen molar-refractivity contribution in [2.45, 2.75) is 122 Å². The van der Waals surface area contributed by atoms with Gasteiger partial charge < -0.3 is 62.0 Å². The molecule has 0 radical (unpaired) electrons. The number of ether oxygens (including phenoxy) is 1. The van der Waals surface area contributed by atoms with E-state index in [0.717, 1.165) is 16.7 Å². The summed E-state index contributed by atoms with van der Waals surface area (Å²) in [5.74, 6) is -7.71. The Morgan fingerprint density at radius 2 is 1.18 bits per heavy atom. The summed E-state index contributed by atoms with van der Waals surface area (Å²) in [5.41, 5.74) is 10.1. The third-order valence-electron chi connectivity index (χ3n) is 12.8. The fourth-order valence-electron chi connectivity index (χ4n) is 8.96. The molecule has 26 heteroatoms. The number of thioether (sulfide) groups is 1. The number of aromatic nitrogens is 1. The van der Waals surface area contributed by atoms with Crippen molar-refractivity contribution in [3.63, 3.8) is 0 Å². The molecule has 1 heterocycles. The SMILES string of the molecule is CSCC[C@H](NC(=O)[C@H](Cc1ccc(OS(=O)(=O)O)cc1)NC(=O)OC(C)(C)C)C(=O)NCC(=O)N[C@@H](Cc1c[nH]c2ccccc12)C(=O)N[C@H](Cc1c(C)cc(C)cc1C)C(=O)N[C@@H](CC(=O)O)C(=O)N[C@@H](Cc1ccccc1)C(N)=O. The van der Waals surface area contributed by atoms with E-state index in [4.69, 9.17) is 15.0 Å². The van der Waals surface area contributed by atoms with Crippen LogP contribution in [0.3, 0.4) is 0 Å². The lowest BCUT2D eigenvalue weighted by atomic mass is 9.93. The van der Waals surface area contributed by atoms with E-state index in [0.29, 0.717) is 38.9 Å². The van der Waals surface area contributed by atoms with Crippen molar-refractivity contribution in [2.24, 2.45) is 5.73 Å². The zero-order valence-electron chi connectivity index (χ0n) is 47.0. The van der Waals surface area contributed by atoms with Crippen LogP contribution in [0.15, 0.2) is 97.2 Å². The molecule has 5 aromatic rings. The molecule has 8 amide bonds. The number of nitrogens with one attached hydrogen (secondary N) is 8. The number of primary amides is 1. The van der Waals surface area contributed by atoms with Crippen molar-refractivity contribution in [3.05, 3.63) is 136 Å². The van der Waals surface area contributed by atoms with Gasteiger partial charge in [-0.2, -0.15) is 20.2 Å². The summed E-state index contributed by atoms with van der Waals surface area (Å²) < 4.78 is 41.4. The molecule has 0 aliphatic carbocycles. The molecule has 1 aromatic heterocycles. The molecule has 83 heavy (non-hydrogen) atoms. The van der Waals surface area contributed by atoms with Crippen molar-refractivity contribution in [2.75, 3.05) is 18.6 Å². The number of rotatable bonds is 29. The molecule has 12 N–H and O–H groups in total. The number of H-pyrrole nitrogens is 1. The van der Waals surface area contributed by atoms with Crippen molar-refractivity contribution in [1.29, 1.82) is 0 Å². The predicted molar refractivity (Wildman–Crippen MR) is 309 cm³/mol. The van der Waals surface area contributed by atoms with Crippen LogP contribution in [0.25, 0.3) is 10.9 Å². The first-order chi connectivity index (χ1) is 39.1. The average Bonchev–Trinajstić information content (AvgIpc) is 4.04. The maximum Gasteiger partial charge on any atom is 0.446 e. The Bertz CT molecular complexity index is 3240. The summed E-state index contributed by atoms with van der Waals surface area (Å²) >= 11 is 1.35. The summed E-state index contributed by atoms with van der Waals surface area (Å²) in [7, 11) is -4.84. The Morgan fingerprint density at radius 1 is 0.651 bits per heavy atom. The number of hydrogen-bond acceptors (Lipinski definition) is 14. The number of para-hydroxylation sites is 1. The van der Waals surface area contributed by atoms with Gasteiger partial charge in [-0.05, 0) is 112 Å². The number of hydrogen-bond donors (Lipinski definition) is 11. The first-order valence-electron chi connectivity index (χ1n) is 26.3. The van der Waals surface area contributed by atoms with Gasteiger partial charge in [0.2, 0.25) is 41.4 Å². The maximum atomic E-state index is 14.8. The second kappa shape index (κ2) is 30.0. The monoisotopic (exact) mass is 1190 g/mol. The number of carboxylic acids is 1. The Morgan fingerprint density at radius 3 is 1.77 bits per heavy atom. The topological polar surface area (TPSA) is 373 Å². The zero-order valence-corrected chi connectivity index (χ0v) is 48.6. The number of fused-ring (bicyclic) bond motifs is 1. The summed E-state index contributed by atoms with van der Waals surface area (Å²) in [5, 5.41) is 28.6. The molecular weight excluding hydrogens is 1110 g/mol. The summed E-state index contributed by atoms with van der Waals surface area (Å²) in [6.45, 7) is 9.60. The summed E-state index contributed by atoms with van der Waals surface area (Å²) in [6.07, 6.45) is 0.981. The molecule has 0 spiro atoms. The average molecular weight is 1190 g/mol. The van der Waals surface area contributed by atoms with Crippen LogP contribution in [0.5, 0.6) is 5.75 Å². The number of carbonyl (C=O) groups excluding carboxylic acids is 8. The molecule has 446 valence electrons. The van der Waals surface area contributed by atoms with Gasteiger partial charge in [0, 0.05) is 42.8 Å². The van der Waals surface area contributed by atoms with E-state index < -0.39 is 119 Å². The maximum absolute atomic E-state index is 14.8. The number of alkyl carbamates (subject to hydrolysis) is 1. The molecule has 0 aliphatic heterocycles. The van der Waals surface area contributed by atoms with E-state index in [9.17, 15) is 56.7 Å². The molecule has 5 rings (SSSR count). The second-order valence-electron chi connectivity index (χ2n) is 20.8. The Hall–Kier alpha value is -8.49. The number of amides is 8. The smallest absolute Gasteiger partial charge is 0.446 e. The van der Waals surface area contributed by atoms with Crippen molar-refractivity contribution >= 4 is 86.5 Å². The molecular formula is C57H71N9O15S2. The number of aromatic amines is 1. The van der Waals surface area contributed by atoms with E-state index >= 15 is 0 Å². The zero-order chi connectivity index (χ0) is 61.2. The van der Waals surface area contributed by atoms with E-state index in [1.54, 1.807) is 87.8 Å². The lowest BCUT2D eigenvalue weighted by Gasteiger charge is -2.27. The molecule has 0 bridgehead atoms. The largest absolute Gasteiger partial charge is 0.481 e. The van der Waals surface area contributed by atoms with E-state index in [1.807, 2.05) is 32.9 Å². The van der Waals surface area contributed by atoms with Gasteiger partial charge in [0.1, 0.15) is 47.6 Å². The minimum Gasteiger partial charge on any atom is -0.481 e. The van der Waals surface area contributed by atoms with Gasteiger partial charge in [0.15, 0.2) is 0 Å². The highest BCUT2D eigenvalue weighted by atomic mass is 32.3. The Kier molecular flexibility index (Phi) is 23.6. The standard InChI is InChI=1S/C57H71N9O15S2/c1-32-23-33(2)40(34(3)24-32)28-46(54(74)65-47(29-49(68)69)55(75)63-43(50(58)70)25-35-13-9-8-10-14-35)64-53(73)45(27-37-30-59-41-16-12-11-15-39(37)41)61-48(67)31-60-51(71)42(21-22-82-7)62-52(72)44(66-56(76)80-57(4,5)6)26-36-17-19-38(20-18-36)81-83(77,78)79/h8-20,23-24,30,42-47,59H,21-22,25-29,31H2,1-7H3,(H2,58,70)(H,60,71)(H,61,67)(H,62,72)(H,63,75)(H,64,73)(H,65,74)(H,66,76)(H,68,69)(H,77,78,79)/t42-,43-,44-,45-,46+,47-/m0/s1. The highest BCUT2D eigenvalue weighted by Crippen LogP contribution is 2.22. The fraction of sp³-hybridized carbons (Fsp3) is 0.386. The summed E-state index contributed by atoms with van der Waals surface area (Å²) in [4.78, 5) is 126. The van der Waals surface area contributed by atoms with Crippen LogP contribution < -0.4 is 47.1 Å². The van der Waals surface area contributed by atoms with Gasteiger partial charge in [0.25, 0.3) is 0 Å². The van der Waals surface area contributed by atoms with Crippen LogP contribution in [0.1, 0.15) is 72.6 Å². The molecule has 0 unspecified atom stereocenters. The van der Waals surface area contributed by atoms with Gasteiger partial charge in [-0.3, -0.25) is 42.9 Å². The number of carbonyl (C=O) groups is 9. The first kappa shape index (κ1) is 65.3. The van der Waals surface area contributed by atoms with Crippen LogP contribution in [0.4, 0.5) is 4.79 Å². The van der Waals surface area contributed by atoms with E-state index in [2.05, 4.69) is 46.4 Å². The predicted octanol–water partition coefficient (Wildman–Crippen LogP) is 2.69. The van der Waals surface area contributed by atoms with Gasteiger partial charge >= 0.3 is 22.5 Å². The Balaban J connectivity index is 1.40. The third-order valence-corrected chi connectivity index (χ3v) is 13.9. The van der Waals surface area contributed by atoms with Crippen LogP contribution in [0.2, 0.25) is 0 Å². The number of aryl methyl sites for hydroxylation is 3.